The largest absolute Gasteiger partial charge is 0.390 e. The number of aromatic nitrogens is 1. The fraction of sp³-hybridized carbons (Fsp3) is 0.400. The van der Waals surface area contributed by atoms with Crippen LogP contribution in [0.25, 0.3) is 0 Å². The summed E-state index contributed by atoms with van der Waals surface area (Å²) in [6.07, 6.45) is 1.09. The Hall–Kier alpha value is -1.93. The molecule has 144 valence electrons. The summed E-state index contributed by atoms with van der Waals surface area (Å²) in [5, 5.41) is 11.0. The van der Waals surface area contributed by atoms with Crippen LogP contribution < -0.4 is 0 Å². The fourth-order valence-corrected chi connectivity index (χ4v) is 3.87. The minimum Gasteiger partial charge on any atom is -0.390 e. The fourth-order valence-electron chi connectivity index (χ4n) is 2.98. The Kier molecular flexibility index (Phi) is 7.23. The number of hydrogen-bond acceptors (Lipinski definition) is 6. The first-order valence-electron chi connectivity index (χ1n) is 9.05. The average molecular weight is 388 g/mol. The number of aliphatic hydroxyl groups excluding tert-OH is 1. The number of pyridine rings is 1. The molecule has 1 N–H and O–H groups in total. The van der Waals surface area contributed by atoms with Gasteiger partial charge in [-0.3, -0.25) is 9.69 Å². The maximum Gasteiger partial charge on any atom is 0.256 e. The molecule has 6 nitrogen and oxygen atoms in total. The highest BCUT2D eigenvalue weighted by Crippen LogP contribution is 2.28. The van der Waals surface area contributed by atoms with Crippen molar-refractivity contribution in [1.82, 2.24) is 14.8 Å². The second kappa shape index (κ2) is 9.85. The Bertz CT molecular complexity index is 738. The van der Waals surface area contributed by atoms with Gasteiger partial charge >= 0.3 is 0 Å². The third-order valence-electron chi connectivity index (χ3n) is 4.36. The van der Waals surface area contributed by atoms with E-state index < -0.39 is 6.10 Å². The molecule has 7 heteroatoms. The molecule has 1 atom stereocenters. The lowest BCUT2D eigenvalue weighted by Gasteiger charge is -2.30. The summed E-state index contributed by atoms with van der Waals surface area (Å²) in [6, 6.07) is 13.4. The summed E-state index contributed by atoms with van der Waals surface area (Å²) in [5.41, 5.74) is 0.549. The van der Waals surface area contributed by atoms with Gasteiger partial charge in [0.1, 0.15) is 5.03 Å². The molecule has 1 fully saturated rings. The van der Waals surface area contributed by atoms with Gasteiger partial charge in [-0.15, -0.1) is 0 Å². The minimum atomic E-state index is -0.598. The standard InChI is InChI=1S/C20H25N3O3S/c1-22(14-16(24)15-23-10-12-26-13-11-23)20(25)18-8-5-9-21-19(18)27-17-6-3-2-4-7-17/h2-9,16,24H,10-15H2,1H3/t16-/m0/s1. The molecule has 0 aliphatic carbocycles. The van der Waals surface area contributed by atoms with E-state index in [0.29, 0.717) is 30.3 Å². The van der Waals surface area contributed by atoms with Gasteiger partial charge in [0, 0.05) is 44.3 Å². The predicted molar refractivity (Wildman–Crippen MR) is 105 cm³/mol. The van der Waals surface area contributed by atoms with Gasteiger partial charge in [0.15, 0.2) is 0 Å². The molecule has 0 unspecified atom stereocenters. The van der Waals surface area contributed by atoms with Crippen LogP contribution in [0.2, 0.25) is 0 Å². The lowest BCUT2D eigenvalue weighted by Crippen LogP contribution is -2.45. The maximum absolute atomic E-state index is 12.9. The normalized spacial score (nSPS) is 16.1. The molecule has 0 bridgehead atoms. The molecule has 1 aliphatic heterocycles. The van der Waals surface area contributed by atoms with Crippen LogP contribution in [-0.2, 0) is 4.74 Å². The van der Waals surface area contributed by atoms with Crippen molar-refractivity contribution in [3.05, 3.63) is 54.2 Å². The summed E-state index contributed by atoms with van der Waals surface area (Å²) in [5.74, 6) is -0.137. The molecule has 0 saturated carbocycles. The monoisotopic (exact) mass is 387 g/mol. The van der Waals surface area contributed by atoms with E-state index in [2.05, 4.69) is 9.88 Å². The molecule has 27 heavy (non-hydrogen) atoms. The zero-order valence-corrected chi connectivity index (χ0v) is 16.3. The van der Waals surface area contributed by atoms with Crippen molar-refractivity contribution >= 4 is 17.7 Å². The van der Waals surface area contributed by atoms with Crippen LogP contribution in [0.4, 0.5) is 0 Å². The number of carbonyl (C=O) groups excluding carboxylic acids is 1. The summed E-state index contributed by atoms with van der Waals surface area (Å²) in [6.45, 7) is 3.83. The lowest BCUT2D eigenvalue weighted by atomic mass is 10.2. The van der Waals surface area contributed by atoms with Crippen LogP contribution in [0.5, 0.6) is 0 Å². The van der Waals surface area contributed by atoms with Crippen LogP contribution >= 0.6 is 11.8 Å². The quantitative estimate of drug-likeness (QED) is 0.784. The van der Waals surface area contributed by atoms with Crippen LogP contribution in [-0.4, -0.2) is 78.3 Å². The number of rotatable bonds is 7. The van der Waals surface area contributed by atoms with E-state index >= 15 is 0 Å². The second-order valence-corrected chi connectivity index (χ2v) is 7.59. The molecular weight excluding hydrogens is 362 g/mol. The predicted octanol–water partition coefficient (Wildman–Crippen LogP) is 2.00. The number of aliphatic hydroxyl groups is 1. The Labute approximate surface area is 164 Å². The number of amides is 1. The first-order chi connectivity index (χ1) is 13.1. The smallest absolute Gasteiger partial charge is 0.256 e. The van der Waals surface area contributed by atoms with Crippen molar-refractivity contribution in [2.45, 2.75) is 16.0 Å². The molecule has 1 aromatic carbocycles. The zero-order chi connectivity index (χ0) is 19.1. The Balaban J connectivity index is 1.62. The van der Waals surface area contributed by atoms with Gasteiger partial charge in [-0.1, -0.05) is 30.0 Å². The van der Waals surface area contributed by atoms with E-state index in [1.54, 1.807) is 30.3 Å². The van der Waals surface area contributed by atoms with E-state index in [1.165, 1.54) is 11.8 Å². The molecule has 1 saturated heterocycles. The highest BCUT2D eigenvalue weighted by molar-refractivity contribution is 7.99. The highest BCUT2D eigenvalue weighted by atomic mass is 32.2. The molecule has 0 spiro atoms. The van der Waals surface area contributed by atoms with Crippen LogP contribution in [0.3, 0.4) is 0 Å². The second-order valence-electron chi connectivity index (χ2n) is 6.52. The summed E-state index contributed by atoms with van der Waals surface area (Å²) < 4.78 is 5.32. The van der Waals surface area contributed by atoms with Crippen molar-refractivity contribution < 1.29 is 14.6 Å². The third-order valence-corrected chi connectivity index (χ3v) is 5.39. The van der Waals surface area contributed by atoms with Gasteiger partial charge in [0.05, 0.1) is 24.9 Å². The number of benzene rings is 1. The van der Waals surface area contributed by atoms with Gasteiger partial charge in [0.2, 0.25) is 0 Å². The van der Waals surface area contributed by atoms with E-state index in [1.807, 2.05) is 30.3 Å². The van der Waals surface area contributed by atoms with E-state index in [4.69, 9.17) is 4.74 Å². The molecule has 0 radical (unpaired) electrons. The van der Waals surface area contributed by atoms with E-state index in [-0.39, 0.29) is 12.5 Å². The van der Waals surface area contributed by atoms with Crippen LogP contribution in [0.15, 0.2) is 58.6 Å². The molecular formula is C20H25N3O3S. The summed E-state index contributed by atoms with van der Waals surface area (Å²) in [4.78, 5) is 22.0. The Morgan fingerprint density at radius 3 is 2.74 bits per heavy atom. The van der Waals surface area contributed by atoms with E-state index in [0.717, 1.165) is 18.0 Å². The molecule has 3 rings (SSSR count). The number of nitrogens with zero attached hydrogens (tertiary/aromatic N) is 3. The SMILES string of the molecule is CN(C[C@H](O)CN1CCOCC1)C(=O)c1cccnc1Sc1ccccc1. The van der Waals surface area contributed by atoms with Gasteiger partial charge < -0.3 is 14.7 Å². The number of hydrogen-bond donors (Lipinski definition) is 1. The van der Waals surface area contributed by atoms with Crippen LogP contribution in [0.1, 0.15) is 10.4 Å². The topological polar surface area (TPSA) is 65.9 Å². The number of ether oxygens (including phenoxy) is 1. The summed E-state index contributed by atoms with van der Waals surface area (Å²) in [7, 11) is 1.72. The van der Waals surface area contributed by atoms with Crippen LogP contribution in [0, 0.1) is 0 Å². The molecule has 2 aromatic rings. The first-order valence-corrected chi connectivity index (χ1v) is 9.86. The Morgan fingerprint density at radius 2 is 2.00 bits per heavy atom. The first kappa shape index (κ1) is 19.8. The molecule has 1 aliphatic rings. The number of β-amino-alcohol motifs (C(OH)–C–C–N with tert-alkyl or cyclic N) is 1. The highest BCUT2D eigenvalue weighted by Gasteiger charge is 2.21. The number of likely N-dealkylation sites (N-methyl/N-ethyl adjacent to an activating group) is 1. The van der Waals surface area contributed by atoms with Gasteiger partial charge in [0.25, 0.3) is 5.91 Å². The molecule has 1 aromatic heterocycles. The third kappa shape index (κ3) is 5.77. The van der Waals surface area contributed by atoms with Gasteiger partial charge in [-0.05, 0) is 24.3 Å². The van der Waals surface area contributed by atoms with Crippen molar-refractivity contribution in [2.24, 2.45) is 0 Å². The minimum absolute atomic E-state index is 0.137. The zero-order valence-electron chi connectivity index (χ0n) is 15.5. The van der Waals surface area contributed by atoms with Crippen molar-refractivity contribution in [3.63, 3.8) is 0 Å². The maximum atomic E-state index is 12.9. The average Bonchev–Trinajstić information content (AvgIpc) is 2.69. The van der Waals surface area contributed by atoms with Crippen molar-refractivity contribution in [3.8, 4) is 0 Å². The number of morpholine rings is 1. The molecule has 2 heterocycles. The van der Waals surface area contributed by atoms with Gasteiger partial charge in [-0.2, -0.15) is 0 Å². The van der Waals surface area contributed by atoms with Gasteiger partial charge in [-0.25, -0.2) is 4.98 Å². The van der Waals surface area contributed by atoms with Crippen molar-refractivity contribution in [2.75, 3.05) is 46.4 Å². The van der Waals surface area contributed by atoms with E-state index in [9.17, 15) is 9.90 Å². The van der Waals surface area contributed by atoms with Crippen molar-refractivity contribution in [1.29, 1.82) is 0 Å². The Morgan fingerprint density at radius 1 is 1.26 bits per heavy atom. The molecule has 1 amide bonds. The number of carbonyl (C=O) groups is 1. The summed E-state index contributed by atoms with van der Waals surface area (Å²) >= 11 is 1.46. The lowest BCUT2D eigenvalue weighted by molar-refractivity contribution is 0.00875.